The molecule has 7 heteroatoms. The van der Waals surface area contributed by atoms with Gasteiger partial charge in [-0.25, -0.2) is 4.99 Å². The van der Waals surface area contributed by atoms with E-state index < -0.39 is 0 Å². The van der Waals surface area contributed by atoms with Gasteiger partial charge in [0.25, 0.3) is 0 Å². The summed E-state index contributed by atoms with van der Waals surface area (Å²) in [5.41, 5.74) is 2.07. The number of guanidine groups is 1. The van der Waals surface area contributed by atoms with Crippen molar-refractivity contribution in [1.82, 2.24) is 10.6 Å². The predicted molar refractivity (Wildman–Crippen MR) is 113 cm³/mol. The van der Waals surface area contributed by atoms with Crippen LogP contribution in [0.15, 0.2) is 47.5 Å². The molecule has 1 atom stereocenters. The smallest absolute Gasteiger partial charge is 0.192 e. The first-order chi connectivity index (χ1) is 13.6. The summed E-state index contributed by atoms with van der Waals surface area (Å²) in [5, 5.41) is 16.3. The lowest BCUT2D eigenvalue weighted by molar-refractivity contribution is 0.196. The first-order valence-electron chi connectivity index (χ1n) is 9.28. The van der Waals surface area contributed by atoms with Crippen LogP contribution in [0.5, 0.6) is 11.5 Å². The molecule has 0 bridgehead atoms. The van der Waals surface area contributed by atoms with Crippen LogP contribution in [0.4, 0.5) is 0 Å². The van der Waals surface area contributed by atoms with Crippen LogP contribution in [-0.2, 0) is 6.54 Å². The van der Waals surface area contributed by atoms with Crippen molar-refractivity contribution in [1.29, 1.82) is 0 Å². The van der Waals surface area contributed by atoms with Crippen LogP contribution >= 0.6 is 11.6 Å². The van der Waals surface area contributed by atoms with Gasteiger partial charge in [-0.05, 0) is 49.2 Å². The lowest BCUT2D eigenvalue weighted by atomic mass is 10.1. The number of rotatable bonds is 9. The summed E-state index contributed by atoms with van der Waals surface area (Å²) in [6.45, 7) is 5.51. The molecule has 3 N–H and O–H groups in total. The van der Waals surface area contributed by atoms with Crippen molar-refractivity contribution in [3.63, 3.8) is 0 Å². The summed E-state index contributed by atoms with van der Waals surface area (Å²) in [4.78, 5) is 4.66. The van der Waals surface area contributed by atoms with Gasteiger partial charge in [0.05, 0.1) is 26.3 Å². The van der Waals surface area contributed by atoms with E-state index in [1.165, 1.54) is 0 Å². The zero-order valence-corrected chi connectivity index (χ0v) is 17.3. The molecule has 2 aromatic carbocycles. The van der Waals surface area contributed by atoms with Crippen LogP contribution in [0.1, 0.15) is 31.0 Å². The van der Waals surface area contributed by atoms with Gasteiger partial charge in [0.15, 0.2) is 17.5 Å². The number of aliphatic imine (C=N–C) groups is 1. The number of methoxy groups -OCH3 is 1. The van der Waals surface area contributed by atoms with E-state index in [1.807, 2.05) is 49.4 Å². The van der Waals surface area contributed by atoms with Crippen molar-refractivity contribution < 1.29 is 14.6 Å². The topological polar surface area (TPSA) is 75.1 Å². The SMILES string of the molecule is CCNC(=NCc1ccc(OCCO)c(OC)c1)NC(C)c1cccc(Cl)c1. The fourth-order valence-corrected chi connectivity index (χ4v) is 2.84. The third-order valence-corrected chi connectivity index (χ3v) is 4.28. The quantitative estimate of drug-likeness (QED) is 0.439. The van der Waals surface area contributed by atoms with Gasteiger partial charge in [-0.3, -0.25) is 0 Å². The van der Waals surface area contributed by atoms with Crippen molar-refractivity contribution in [2.45, 2.75) is 26.4 Å². The molecular formula is C21H28ClN3O3. The molecule has 0 aliphatic heterocycles. The van der Waals surface area contributed by atoms with Crippen LogP contribution < -0.4 is 20.1 Å². The summed E-state index contributed by atoms with van der Waals surface area (Å²) in [5.74, 6) is 1.94. The van der Waals surface area contributed by atoms with Gasteiger partial charge in [-0.1, -0.05) is 29.8 Å². The average molecular weight is 406 g/mol. The highest BCUT2D eigenvalue weighted by atomic mass is 35.5. The number of ether oxygens (including phenoxy) is 2. The molecule has 0 amide bonds. The van der Waals surface area contributed by atoms with E-state index in [1.54, 1.807) is 7.11 Å². The van der Waals surface area contributed by atoms with E-state index in [0.29, 0.717) is 23.1 Å². The van der Waals surface area contributed by atoms with Gasteiger partial charge in [0.2, 0.25) is 0 Å². The highest BCUT2D eigenvalue weighted by molar-refractivity contribution is 6.30. The number of aliphatic hydroxyl groups excluding tert-OH is 1. The highest BCUT2D eigenvalue weighted by Crippen LogP contribution is 2.28. The van der Waals surface area contributed by atoms with Gasteiger partial charge >= 0.3 is 0 Å². The van der Waals surface area contributed by atoms with Crippen molar-refractivity contribution in [2.24, 2.45) is 4.99 Å². The lowest BCUT2D eigenvalue weighted by Gasteiger charge is -2.18. The summed E-state index contributed by atoms with van der Waals surface area (Å²) in [6, 6.07) is 13.5. The van der Waals surface area contributed by atoms with Gasteiger partial charge in [0.1, 0.15) is 6.61 Å². The van der Waals surface area contributed by atoms with Crippen LogP contribution in [0.25, 0.3) is 0 Å². The van der Waals surface area contributed by atoms with Crippen LogP contribution in [0.2, 0.25) is 5.02 Å². The summed E-state index contributed by atoms with van der Waals surface area (Å²) < 4.78 is 10.8. The van der Waals surface area contributed by atoms with Gasteiger partial charge in [-0.2, -0.15) is 0 Å². The fourth-order valence-electron chi connectivity index (χ4n) is 2.64. The van der Waals surface area contributed by atoms with Crippen molar-refractivity contribution in [2.75, 3.05) is 26.9 Å². The highest BCUT2D eigenvalue weighted by Gasteiger charge is 2.09. The number of hydrogen-bond donors (Lipinski definition) is 3. The molecule has 2 aromatic rings. The van der Waals surface area contributed by atoms with E-state index in [-0.39, 0.29) is 19.3 Å². The molecule has 0 aliphatic carbocycles. The van der Waals surface area contributed by atoms with Gasteiger partial charge in [-0.15, -0.1) is 0 Å². The molecule has 1 unspecified atom stereocenters. The monoisotopic (exact) mass is 405 g/mol. The van der Waals surface area contributed by atoms with Gasteiger partial charge in [0, 0.05) is 11.6 Å². The van der Waals surface area contributed by atoms with Crippen molar-refractivity contribution >= 4 is 17.6 Å². The third kappa shape index (κ3) is 6.62. The van der Waals surface area contributed by atoms with Crippen LogP contribution in [0, 0.1) is 0 Å². The van der Waals surface area contributed by atoms with E-state index in [9.17, 15) is 0 Å². The number of nitrogens with zero attached hydrogens (tertiary/aromatic N) is 1. The zero-order chi connectivity index (χ0) is 20.4. The van der Waals surface area contributed by atoms with Crippen LogP contribution in [0.3, 0.4) is 0 Å². The molecule has 0 heterocycles. The minimum absolute atomic E-state index is 0.0439. The third-order valence-electron chi connectivity index (χ3n) is 4.04. The number of aliphatic hydroxyl groups is 1. The molecule has 28 heavy (non-hydrogen) atoms. The molecule has 0 aromatic heterocycles. The first kappa shape index (κ1) is 21.9. The van der Waals surface area contributed by atoms with E-state index >= 15 is 0 Å². The fraction of sp³-hybridized carbons (Fsp3) is 0.381. The molecule has 152 valence electrons. The number of benzene rings is 2. The van der Waals surface area contributed by atoms with E-state index in [0.717, 1.165) is 23.6 Å². The van der Waals surface area contributed by atoms with Crippen molar-refractivity contribution in [3.8, 4) is 11.5 Å². The number of nitrogens with one attached hydrogen (secondary N) is 2. The molecule has 0 aliphatic rings. The maximum Gasteiger partial charge on any atom is 0.192 e. The Balaban J connectivity index is 2.09. The second kappa shape index (κ2) is 11.4. The van der Waals surface area contributed by atoms with Gasteiger partial charge < -0.3 is 25.2 Å². The van der Waals surface area contributed by atoms with Crippen LogP contribution in [-0.4, -0.2) is 37.9 Å². The maximum absolute atomic E-state index is 8.91. The minimum atomic E-state index is -0.0439. The van der Waals surface area contributed by atoms with Crippen molar-refractivity contribution in [3.05, 3.63) is 58.6 Å². The average Bonchev–Trinajstić information content (AvgIpc) is 2.70. The summed E-state index contributed by atoms with van der Waals surface area (Å²) in [7, 11) is 1.59. The summed E-state index contributed by atoms with van der Waals surface area (Å²) >= 11 is 6.09. The molecular weight excluding hydrogens is 378 g/mol. The molecule has 0 spiro atoms. The molecule has 0 saturated heterocycles. The number of hydrogen-bond acceptors (Lipinski definition) is 4. The summed E-state index contributed by atoms with van der Waals surface area (Å²) in [6.07, 6.45) is 0. The molecule has 0 fully saturated rings. The number of halogens is 1. The molecule has 2 rings (SSSR count). The Bertz CT molecular complexity index is 783. The Morgan fingerprint density at radius 2 is 2.04 bits per heavy atom. The predicted octanol–water partition coefficient (Wildman–Crippen LogP) is 3.54. The molecule has 0 radical (unpaired) electrons. The Labute approximate surface area is 171 Å². The Kier molecular flexibility index (Phi) is 8.91. The van der Waals surface area contributed by atoms with E-state index in [2.05, 4.69) is 22.5 Å². The minimum Gasteiger partial charge on any atom is -0.493 e. The second-order valence-corrected chi connectivity index (χ2v) is 6.61. The molecule has 0 saturated carbocycles. The first-order valence-corrected chi connectivity index (χ1v) is 9.66. The lowest BCUT2D eigenvalue weighted by Crippen LogP contribution is -2.38. The Hall–Kier alpha value is -2.44. The molecule has 6 nitrogen and oxygen atoms in total. The maximum atomic E-state index is 8.91. The second-order valence-electron chi connectivity index (χ2n) is 6.17. The largest absolute Gasteiger partial charge is 0.493 e. The van der Waals surface area contributed by atoms with E-state index in [4.69, 9.17) is 26.2 Å². The normalized spacial score (nSPS) is 12.4. The Morgan fingerprint density at radius 3 is 2.71 bits per heavy atom. The zero-order valence-electron chi connectivity index (χ0n) is 16.5. The standard InChI is InChI=1S/C21H28ClN3O3/c1-4-23-21(25-15(2)17-6-5-7-18(22)13-17)24-14-16-8-9-19(28-11-10-26)20(12-16)27-3/h5-9,12-13,15,26H,4,10-11,14H2,1-3H3,(H2,23,24,25). The Morgan fingerprint density at radius 1 is 1.21 bits per heavy atom.